The maximum Gasteiger partial charge on any atom is 0.0625 e. The summed E-state index contributed by atoms with van der Waals surface area (Å²) in [6, 6.07) is 2.09. The number of rotatable bonds is 3. The zero-order chi connectivity index (χ0) is 7.40. The summed E-state index contributed by atoms with van der Waals surface area (Å²) in [5.41, 5.74) is 2.31. The topological polar surface area (TPSA) is 28.7 Å². The van der Waals surface area contributed by atoms with E-state index in [1.165, 1.54) is 0 Å². The highest BCUT2D eigenvalue weighted by Gasteiger charge is 1.95. The van der Waals surface area contributed by atoms with E-state index in [0.29, 0.717) is 0 Å². The molecule has 0 aromatic carbocycles. The van der Waals surface area contributed by atoms with Crippen LogP contribution < -0.4 is 0 Å². The van der Waals surface area contributed by atoms with Gasteiger partial charge in [0, 0.05) is 11.0 Å². The third-order valence-corrected chi connectivity index (χ3v) is 1.89. The number of hydrogen-bond donors (Lipinski definition) is 1. The van der Waals surface area contributed by atoms with Crippen molar-refractivity contribution in [2.45, 2.75) is 19.8 Å². The van der Waals surface area contributed by atoms with Gasteiger partial charge in [0.05, 0.1) is 5.69 Å². The zero-order valence-electron chi connectivity index (χ0n) is 6.02. The molecule has 0 aliphatic rings. The van der Waals surface area contributed by atoms with Crippen LogP contribution in [-0.4, -0.2) is 15.5 Å². The lowest BCUT2D eigenvalue weighted by Crippen LogP contribution is -1.85. The normalized spacial score (nSPS) is 10.2. The lowest BCUT2D eigenvalue weighted by molar-refractivity contribution is 0.876. The Morgan fingerprint density at radius 1 is 1.70 bits per heavy atom. The minimum Gasteiger partial charge on any atom is -0.283 e. The van der Waals surface area contributed by atoms with Crippen LogP contribution in [0.1, 0.15) is 17.8 Å². The minimum absolute atomic E-state index is 1.05. The Hall–Kier alpha value is -0.310. The van der Waals surface area contributed by atoms with Gasteiger partial charge in [0.15, 0.2) is 0 Å². The van der Waals surface area contributed by atoms with Crippen molar-refractivity contribution in [1.29, 1.82) is 0 Å². The monoisotopic (exact) mass is 202 g/mol. The number of aryl methyl sites for hydroxylation is 2. The van der Waals surface area contributed by atoms with E-state index in [1.54, 1.807) is 0 Å². The quantitative estimate of drug-likeness (QED) is 0.748. The number of aromatic nitrogens is 2. The van der Waals surface area contributed by atoms with Gasteiger partial charge in [-0.25, -0.2) is 0 Å². The predicted octanol–water partition coefficient (Wildman–Crippen LogP) is 2.05. The van der Waals surface area contributed by atoms with Crippen LogP contribution in [0.3, 0.4) is 0 Å². The largest absolute Gasteiger partial charge is 0.283 e. The van der Waals surface area contributed by atoms with E-state index in [9.17, 15) is 0 Å². The first-order valence-corrected chi connectivity index (χ1v) is 4.52. The molecular formula is C7H11BrN2. The van der Waals surface area contributed by atoms with Gasteiger partial charge in [0.1, 0.15) is 0 Å². The molecule has 1 heterocycles. The molecule has 0 radical (unpaired) electrons. The van der Waals surface area contributed by atoms with E-state index in [-0.39, 0.29) is 0 Å². The number of alkyl halides is 1. The molecule has 0 saturated carbocycles. The summed E-state index contributed by atoms with van der Waals surface area (Å²) in [4.78, 5) is 0. The first-order chi connectivity index (χ1) is 4.83. The Morgan fingerprint density at radius 2 is 2.50 bits per heavy atom. The van der Waals surface area contributed by atoms with E-state index in [0.717, 1.165) is 29.6 Å². The standard InChI is InChI=1S/C7H11BrN2/c1-6-5-7(10-9-6)3-2-4-8/h5H,2-4H2,1H3,(H,9,10). The van der Waals surface area contributed by atoms with Gasteiger partial charge in [0.2, 0.25) is 0 Å². The molecule has 0 spiro atoms. The summed E-state index contributed by atoms with van der Waals surface area (Å²) in [5.74, 6) is 0. The zero-order valence-corrected chi connectivity index (χ0v) is 7.61. The average molecular weight is 203 g/mol. The van der Waals surface area contributed by atoms with Crippen molar-refractivity contribution in [3.63, 3.8) is 0 Å². The van der Waals surface area contributed by atoms with Crippen LogP contribution >= 0.6 is 15.9 Å². The van der Waals surface area contributed by atoms with Gasteiger partial charge in [-0.2, -0.15) is 5.10 Å². The second-order valence-corrected chi connectivity index (χ2v) is 3.13. The number of nitrogens with zero attached hydrogens (tertiary/aromatic N) is 1. The lowest BCUT2D eigenvalue weighted by Gasteiger charge is -1.88. The molecule has 0 atom stereocenters. The van der Waals surface area contributed by atoms with Crippen LogP contribution in [0.25, 0.3) is 0 Å². The van der Waals surface area contributed by atoms with Crippen LogP contribution in [0, 0.1) is 6.92 Å². The summed E-state index contributed by atoms with van der Waals surface area (Å²) < 4.78 is 0. The van der Waals surface area contributed by atoms with Crippen LogP contribution in [0.5, 0.6) is 0 Å². The molecule has 1 aromatic heterocycles. The Morgan fingerprint density at radius 3 is 3.00 bits per heavy atom. The molecule has 56 valence electrons. The fourth-order valence-corrected chi connectivity index (χ4v) is 1.13. The van der Waals surface area contributed by atoms with Gasteiger partial charge < -0.3 is 0 Å². The van der Waals surface area contributed by atoms with E-state index in [4.69, 9.17) is 0 Å². The first-order valence-electron chi connectivity index (χ1n) is 3.40. The van der Waals surface area contributed by atoms with Crippen LogP contribution in [-0.2, 0) is 6.42 Å². The first kappa shape index (κ1) is 7.79. The van der Waals surface area contributed by atoms with E-state index >= 15 is 0 Å². The summed E-state index contributed by atoms with van der Waals surface area (Å²) in [6.45, 7) is 2.02. The third kappa shape index (κ3) is 2.14. The van der Waals surface area contributed by atoms with Crippen molar-refractivity contribution < 1.29 is 0 Å². The molecule has 10 heavy (non-hydrogen) atoms. The summed E-state index contributed by atoms with van der Waals surface area (Å²) in [5, 5.41) is 8.07. The molecule has 1 rings (SSSR count). The van der Waals surface area contributed by atoms with E-state index in [2.05, 4.69) is 32.2 Å². The molecule has 0 bridgehead atoms. The highest BCUT2D eigenvalue weighted by Crippen LogP contribution is 2.02. The van der Waals surface area contributed by atoms with Crippen molar-refractivity contribution in [3.05, 3.63) is 17.5 Å². The molecule has 0 amide bonds. The number of hydrogen-bond acceptors (Lipinski definition) is 1. The molecular weight excluding hydrogens is 192 g/mol. The molecule has 1 aromatic rings. The van der Waals surface area contributed by atoms with Gasteiger partial charge in [-0.1, -0.05) is 15.9 Å². The maximum atomic E-state index is 4.11. The van der Waals surface area contributed by atoms with Crippen molar-refractivity contribution >= 4 is 15.9 Å². The number of nitrogens with one attached hydrogen (secondary N) is 1. The van der Waals surface area contributed by atoms with Gasteiger partial charge in [0.25, 0.3) is 0 Å². The van der Waals surface area contributed by atoms with Crippen molar-refractivity contribution in [2.75, 3.05) is 5.33 Å². The number of aromatic amines is 1. The molecule has 2 nitrogen and oxygen atoms in total. The van der Waals surface area contributed by atoms with Gasteiger partial charge >= 0.3 is 0 Å². The summed E-state index contributed by atoms with van der Waals surface area (Å²) >= 11 is 3.38. The molecule has 0 aliphatic heterocycles. The Labute approximate surface area is 69.2 Å². The highest BCUT2D eigenvalue weighted by atomic mass is 79.9. The van der Waals surface area contributed by atoms with Crippen LogP contribution in [0.2, 0.25) is 0 Å². The molecule has 0 saturated heterocycles. The fraction of sp³-hybridized carbons (Fsp3) is 0.571. The van der Waals surface area contributed by atoms with Crippen molar-refractivity contribution in [1.82, 2.24) is 10.2 Å². The van der Waals surface area contributed by atoms with Crippen LogP contribution in [0.15, 0.2) is 6.07 Å². The molecule has 3 heteroatoms. The minimum atomic E-state index is 1.05. The van der Waals surface area contributed by atoms with Gasteiger partial charge in [-0.05, 0) is 25.8 Å². The van der Waals surface area contributed by atoms with Crippen molar-refractivity contribution in [3.8, 4) is 0 Å². The number of H-pyrrole nitrogens is 1. The third-order valence-electron chi connectivity index (χ3n) is 1.33. The highest BCUT2D eigenvalue weighted by molar-refractivity contribution is 9.09. The molecule has 0 unspecified atom stereocenters. The molecule has 1 N–H and O–H groups in total. The lowest BCUT2D eigenvalue weighted by atomic mass is 10.2. The Bertz CT molecular complexity index is 195. The van der Waals surface area contributed by atoms with Gasteiger partial charge in [-0.15, -0.1) is 0 Å². The fourth-order valence-electron chi connectivity index (χ4n) is 0.850. The predicted molar refractivity (Wildman–Crippen MR) is 45.4 cm³/mol. The Kier molecular flexibility index (Phi) is 2.93. The molecule has 0 fully saturated rings. The van der Waals surface area contributed by atoms with E-state index in [1.807, 2.05) is 6.92 Å². The van der Waals surface area contributed by atoms with Crippen molar-refractivity contribution in [2.24, 2.45) is 0 Å². The van der Waals surface area contributed by atoms with E-state index < -0.39 is 0 Å². The molecule has 0 aliphatic carbocycles. The average Bonchev–Trinajstić information content (AvgIpc) is 2.31. The second-order valence-electron chi connectivity index (χ2n) is 2.33. The number of halogens is 1. The smallest absolute Gasteiger partial charge is 0.0625 e. The maximum absolute atomic E-state index is 4.11. The second kappa shape index (κ2) is 3.76. The summed E-state index contributed by atoms with van der Waals surface area (Å²) in [7, 11) is 0. The van der Waals surface area contributed by atoms with Gasteiger partial charge in [-0.3, -0.25) is 5.10 Å². The SMILES string of the molecule is Cc1cc(CCCBr)n[nH]1. The van der Waals surface area contributed by atoms with Crippen LogP contribution in [0.4, 0.5) is 0 Å². The Balaban J connectivity index is 2.42. The summed E-state index contributed by atoms with van der Waals surface area (Å²) in [6.07, 6.45) is 2.22.